The van der Waals surface area contributed by atoms with Gasteiger partial charge in [0.05, 0.1) is 4.90 Å². The summed E-state index contributed by atoms with van der Waals surface area (Å²) in [6.07, 6.45) is 2.49. The number of nitrogens with one attached hydrogen (secondary N) is 1. The number of rotatable bonds is 6. The van der Waals surface area contributed by atoms with Crippen LogP contribution < -0.4 is 10.1 Å². The first-order chi connectivity index (χ1) is 12.6. The zero-order valence-electron chi connectivity index (χ0n) is 16.3. The molecule has 27 heavy (non-hydrogen) atoms. The summed E-state index contributed by atoms with van der Waals surface area (Å²) in [5.41, 5.74) is 1.52. The maximum absolute atomic E-state index is 9.10. The van der Waals surface area contributed by atoms with Crippen LogP contribution in [-0.2, 0) is 20.7 Å². The van der Waals surface area contributed by atoms with Crippen molar-refractivity contribution in [3.8, 4) is 5.75 Å². The summed E-state index contributed by atoms with van der Waals surface area (Å²) in [6.45, 7) is 7.85. The number of aryl methyl sites for hydroxylation is 1. The molecule has 1 aliphatic heterocycles. The van der Waals surface area contributed by atoms with Crippen molar-refractivity contribution in [1.29, 1.82) is 0 Å². The SMILES string of the molecule is COC(CNC(C)(C)C)COc1cccc2c1SCCC2.O=C(O)C(=O)O. The summed E-state index contributed by atoms with van der Waals surface area (Å²) in [7, 11) is 1.74. The molecule has 0 saturated heterocycles. The van der Waals surface area contributed by atoms with Gasteiger partial charge in [0.2, 0.25) is 0 Å². The summed E-state index contributed by atoms with van der Waals surface area (Å²) in [6, 6.07) is 6.37. The lowest BCUT2D eigenvalue weighted by Gasteiger charge is -2.25. The number of carboxylic acid groups (broad SMARTS) is 2. The first-order valence-electron chi connectivity index (χ1n) is 8.75. The van der Waals surface area contributed by atoms with Crippen molar-refractivity contribution in [3.05, 3.63) is 23.8 Å². The highest BCUT2D eigenvalue weighted by atomic mass is 32.2. The Hall–Kier alpha value is -1.77. The molecule has 0 aromatic heterocycles. The van der Waals surface area contributed by atoms with Crippen molar-refractivity contribution >= 4 is 23.7 Å². The second-order valence-corrected chi connectivity index (χ2v) is 8.21. The largest absolute Gasteiger partial charge is 0.490 e. The lowest BCUT2D eigenvalue weighted by atomic mass is 10.1. The highest BCUT2D eigenvalue weighted by molar-refractivity contribution is 7.99. The van der Waals surface area contributed by atoms with Crippen LogP contribution in [0.15, 0.2) is 23.1 Å². The molecule has 152 valence electrons. The molecule has 0 saturated carbocycles. The predicted molar refractivity (Wildman–Crippen MR) is 105 cm³/mol. The quantitative estimate of drug-likeness (QED) is 0.627. The van der Waals surface area contributed by atoms with Crippen LogP contribution in [-0.4, -0.2) is 59.8 Å². The van der Waals surface area contributed by atoms with E-state index in [1.54, 1.807) is 7.11 Å². The second-order valence-electron chi connectivity index (χ2n) is 7.11. The number of ether oxygens (including phenoxy) is 2. The van der Waals surface area contributed by atoms with E-state index in [0.29, 0.717) is 6.61 Å². The average molecular weight is 400 g/mol. The van der Waals surface area contributed by atoms with Gasteiger partial charge in [-0.15, -0.1) is 11.8 Å². The lowest BCUT2D eigenvalue weighted by Crippen LogP contribution is -2.43. The maximum Gasteiger partial charge on any atom is 0.414 e. The Balaban J connectivity index is 0.000000527. The number of hydrogen-bond donors (Lipinski definition) is 3. The molecule has 0 fully saturated rings. The van der Waals surface area contributed by atoms with Crippen LogP contribution in [0.4, 0.5) is 0 Å². The van der Waals surface area contributed by atoms with Crippen molar-refractivity contribution < 1.29 is 29.3 Å². The number of aliphatic carboxylic acids is 2. The van der Waals surface area contributed by atoms with E-state index in [9.17, 15) is 0 Å². The molecule has 1 aromatic rings. The van der Waals surface area contributed by atoms with Gasteiger partial charge in [-0.3, -0.25) is 0 Å². The van der Waals surface area contributed by atoms with Crippen LogP contribution in [0.3, 0.4) is 0 Å². The zero-order chi connectivity index (χ0) is 20.4. The first-order valence-corrected chi connectivity index (χ1v) is 9.74. The van der Waals surface area contributed by atoms with Gasteiger partial charge >= 0.3 is 11.9 Å². The highest BCUT2D eigenvalue weighted by Crippen LogP contribution is 2.37. The van der Waals surface area contributed by atoms with Crippen LogP contribution in [0.25, 0.3) is 0 Å². The summed E-state index contributed by atoms with van der Waals surface area (Å²) >= 11 is 1.91. The van der Waals surface area contributed by atoms with Gasteiger partial charge in [-0.2, -0.15) is 0 Å². The number of methoxy groups -OCH3 is 1. The molecule has 0 spiro atoms. The molecule has 1 aromatic carbocycles. The minimum atomic E-state index is -1.82. The highest BCUT2D eigenvalue weighted by Gasteiger charge is 2.17. The van der Waals surface area contributed by atoms with E-state index >= 15 is 0 Å². The second kappa shape index (κ2) is 11.2. The Morgan fingerprint density at radius 2 is 1.93 bits per heavy atom. The topological polar surface area (TPSA) is 105 Å². The monoisotopic (exact) mass is 399 g/mol. The third-order valence-electron chi connectivity index (χ3n) is 3.70. The third-order valence-corrected chi connectivity index (χ3v) is 4.94. The van der Waals surface area contributed by atoms with Crippen LogP contribution >= 0.6 is 11.8 Å². The average Bonchev–Trinajstić information content (AvgIpc) is 2.61. The van der Waals surface area contributed by atoms with Gasteiger partial charge in [0.25, 0.3) is 0 Å². The number of carboxylic acids is 2. The van der Waals surface area contributed by atoms with Gasteiger partial charge in [0, 0.05) is 19.2 Å². The van der Waals surface area contributed by atoms with Crippen molar-refractivity contribution in [1.82, 2.24) is 5.32 Å². The maximum atomic E-state index is 9.10. The molecule has 1 unspecified atom stereocenters. The van der Waals surface area contributed by atoms with Gasteiger partial charge in [0.1, 0.15) is 18.5 Å². The van der Waals surface area contributed by atoms with E-state index in [4.69, 9.17) is 29.3 Å². The van der Waals surface area contributed by atoms with Crippen LogP contribution in [0.1, 0.15) is 32.8 Å². The fourth-order valence-electron chi connectivity index (χ4n) is 2.29. The molecule has 1 aliphatic rings. The van der Waals surface area contributed by atoms with Crippen LogP contribution in [0.5, 0.6) is 5.75 Å². The van der Waals surface area contributed by atoms with Crippen molar-refractivity contribution in [2.45, 2.75) is 50.2 Å². The molecular formula is C19H29NO6S. The Morgan fingerprint density at radius 3 is 2.48 bits per heavy atom. The number of hydrogen-bond acceptors (Lipinski definition) is 6. The molecule has 1 heterocycles. The summed E-state index contributed by atoms with van der Waals surface area (Å²) in [5.74, 6) is -1.45. The smallest absolute Gasteiger partial charge is 0.414 e. The summed E-state index contributed by atoms with van der Waals surface area (Å²) in [4.78, 5) is 19.5. The van der Waals surface area contributed by atoms with Crippen molar-refractivity contribution in [2.24, 2.45) is 0 Å². The third kappa shape index (κ3) is 9.12. The van der Waals surface area contributed by atoms with E-state index in [0.717, 1.165) is 12.3 Å². The normalized spacial score (nSPS) is 14.4. The standard InChI is InChI=1S/C17H27NO2S.C2H2O4/c1-17(2,3)18-11-14(19-4)12-20-15-9-5-7-13-8-6-10-21-16(13)15;3-1(4)2(5)6/h5,7,9,14,18H,6,8,10-12H2,1-4H3;(H,3,4)(H,5,6). The van der Waals surface area contributed by atoms with E-state index in [1.807, 2.05) is 11.8 Å². The molecular weight excluding hydrogens is 370 g/mol. The van der Waals surface area contributed by atoms with Gasteiger partial charge in [-0.05, 0) is 51.0 Å². The fraction of sp³-hybridized carbons (Fsp3) is 0.579. The Kier molecular flexibility index (Phi) is 9.62. The fourth-order valence-corrected chi connectivity index (χ4v) is 3.40. The molecule has 7 nitrogen and oxygen atoms in total. The van der Waals surface area contributed by atoms with Crippen LogP contribution in [0.2, 0.25) is 0 Å². The number of fused-ring (bicyclic) bond motifs is 1. The van der Waals surface area contributed by atoms with Gasteiger partial charge in [0.15, 0.2) is 0 Å². The number of thioether (sulfide) groups is 1. The molecule has 3 N–H and O–H groups in total. The Labute approximate surface area is 164 Å². The predicted octanol–water partition coefficient (Wildman–Crippen LogP) is 2.66. The number of carbonyl (C=O) groups is 2. The summed E-state index contributed by atoms with van der Waals surface area (Å²) < 4.78 is 11.6. The minimum Gasteiger partial charge on any atom is -0.490 e. The Morgan fingerprint density at radius 1 is 1.26 bits per heavy atom. The molecule has 0 amide bonds. The molecule has 0 bridgehead atoms. The summed E-state index contributed by atoms with van der Waals surface area (Å²) in [5, 5.41) is 18.2. The minimum absolute atomic E-state index is 0.0636. The van der Waals surface area contributed by atoms with Crippen molar-refractivity contribution in [2.75, 3.05) is 26.0 Å². The van der Waals surface area contributed by atoms with E-state index in [2.05, 4.69) is 44.3 Å². The molecule has 2 rings (SSSR count). The van der Waals surface area contributed by atoms with E-state index in [-0.39, 0.29) is 11.6 Å². The molecule has 8 heteroatoms. The Bertz CT molecular complexity index is 617. The van der Waals surface area contributed by atoms with Gasteiger partial charge < -0.3 is 25.0 Å². The van der Waals surface area contributed by atoms with Gasteiger partial charge in [-0.25, -0.2) is 9.59 Å². The molecule has 1 atom stereocenters. The van der Waals surface area contributed by atoms with Crippen LogP contribution in [0, 0.1) is 0 Å². The van der Waals surface area contributed by atoms with E-state index in [1.165, 1.54) is 29.1 Å². The first kappa shape index (κ1) is 23.3. The zero-order valence-corrected chi connectivity index (χ0v) is 17.1. The molecule has 0 aliphatic carbocycles. The van der Waals surface area contributed by atoms with Crippen molar-refractivity contribution in [3.63, 3.8) is 0 Å². The molecule has 0 radical (unpaired) electrons. The number of benzene rings is 1. The van der Waals surface area contributed by atoms with Gasteiger partial charge in [-0.1, -0.05) is 12.1 Å². The van der Waals surface area contributed by atoms with E-state index < -0.39 is 11.9 Å². The lowest BCUT2D eigenvalue weighted by molar-refractivity contribution is -0.159.